The normalized spacial score (nSPS) is 10.8. The molecular weight excluding hydrogens is 302 g/mol. The van der Waals surface area contributed by atoms with Gasteiger partial charge < -0.3 is 0 Å². The van der Waals surface area contributed by atoms with E-state index in [-0.39, 0.29) is 0 Å². The molecule has 0 radical (unpaired) electrons. The van der Waals surface area contributed by atoms with Crippen LogP contribution >= 0.6 is 23.2 Å². The molecule has 102 valence electrons. The van der Waals surface area contributed by atoms with Crippen LogP contribution in [0.4, 0.5) is 4.39 Å². The van der Waals surface area contributed by atoms with Gasteiger partial charge in [0.05, 0.1) is 16.3 Å². The van der Waals surface area contributed by atoms with E-state index >= 15 is 0 Å². The summed E-state index contributed by atoms with van der Waals surface area (Å²) in [4.78, 5) is 11.7. The van der Waals surface area contributed by atoms with E-state index in [1.807, 2.05) is 0 Å². The summed E-state index contributed by atoms with van der Waals surface area (Å²) < 4.78 is 12.7. The minimum absolute atomic E-state index is 0.306. The van der Waals surface area contributed by atoms with Crippen LogP contribution in [-0.4, -0.2) is 12.1 Å². The lowest BCUT2D eigenvalue weighted by Crippen LogP contribution is -2.17. The van der Waals surface area contributed by atoms with Crippen LogP contribution in [0.15, 0.2) is 47.6 Å². The maximum Gasteiger partial charge on any atom is 0.271 e. The highest BCUT2D eigenvalue weighted by molar-refractivity contribution is 6.43. The van der Waals surface area contributed by atoms with Crippen molar-refractivity contribution in [1.82, 2.24) is 5.43 Å². The number of hydrogen-bond acceptors (Lipinski definition) is 2. The van der Waals surface area contributed by atoms with E-state index in [1.54, 1.807) is 18.2 Å². The Morgan fingerprint density at radius 3 is 2.55 bits per heavy atom. The molecule has 0 bridgehead atoms. The first-order valence-electron chi connectivity index (χ1n) is 5.61. The molecule has 0 aliphatic carbocycles. The molecule has 0 spiro atoms. The first-order chi connectivity index (χ1) is 9.58. The van der Waals surface area contributed by atoms with Gasteiger partial charge in [0, 0.05) is 11.1 Å². The average Bonchev–Trinajstić information content (AvgIpc) is 2.44. The van der Waals surface area contributed by atoms with E-state index in [0.29, 0.717) is 21.2 Å². The number of hydrogen-bond donors (Lipinski definition) is 1. The quantitative estimate of drug-likeness (QED) is 0.678. The van der Waals surface area contributed by atoms with Gasteiger partial charge in [0.2, 0.25) is 0 Å². The fourth-order valence-electron chi connectivity index (χ4n) is 1.45. The lowest BCUT2D eigenvalue weighted by Gasteiger charge is -2.01. The van der Waals surface area contributed by atoms with Gasteiger partial charge in [-0.3, -0.25) is 4.79 Å². The van der Waals surface area contributed by atoms with Crippen LogP contribution in [0.2, 0.25) is 10.0 Å². The van der Waals surface area contributed by atoms with Gasteiger partial charge in [-0.05, 0) is 30.3 Å². The van der Waals surface area contributed by atoms with Gasteiger partial charge in [0.15, 0.2) is 0 Å². The molecule has 0 atom stereocenters. The molecule has 2 aromatic carbocycles. The third-order valence-corrected chi connectivity index (χ3v) is 3.29. The van der Waals surface area contributed by atoms with Crippen molar-refractivity contribution in [1.29, 1.82) is 0 Å². The zero-order valence-electron chi connectivity index (χ0n) is 10.1. The van der Waals surface area contributed by atoms with E-state index in [4.69, 9.17) is 23.2 Å². The molecule has 0 aliphatic rings. The Hall–Kier alpha value is -1.91. The minimum Gasteiger partial charge on any atom is -0.267 e. The van der Waals surface area contributed by atoms with Crippen molar-refractivity contribution in [2.24, 2.45) is 5.10 Å². The van der Waals surface area contributed by atoms with Crippen LogP contribution in [-0.2, 0) is 0 Å². The standard InChI is InChI=1S/C14H9Cl2FN2O/c15-12-3-1-2-10(13(12)16)8-18-19-14(20)9-4-6-11(17)7-5-9/h1-8H,(H,19,20). The third-order valence-electron chi connectivity index (χ3n) is 2.46. The second kappa shape index (κ2) is 6.50. The summed E-state index contributed by atoms with van der Waals surface area (Å²) in [7, 11) is 0. The van der Waals surface area contributed by atoms with Crippen LogP contribution < -0.4 is 5.43 Å². The van der Waals surface area contributed by atoms with Crippen molar-refractivity contribution in [3.05, 3.63) is 69.5 Å². The molecule has 0 saturated heterocycles. The van der Waals surface area contributed by atoms with E-state index in [9.17, 15) is 9.18 Å². The van der Waals surface area contributed by atoms with E-state index in [2.05, 4.69) is 10.5 Å². The molecule has 0 heterocycles. The van der Waals surface area contributed by atoms with Gasteiger partial charge in [-0.25, -0.2) is 9.82 Å². The first kappa shape index (κ1) is 14.5. The maximum absolute atomic E-state index is 12.7. The minimum atomic E-state index is -0.445. The van der Waals surface area contributed by atoms with Crippen LogP contribution in [0, 0.1) is 5.82 Å². The summed E-state index contributed by atoms with van der Waals surface area (Å²) in [5.41, 5.74) is 3.21. The van der Waals surface area contributed by atoms with Crippen molar-refractivity contribution in [3.63, 3.8) is 0 Å². The fraction of sp³-hybridized carbons (Fsp3) is 0. The van der Waals surface area contributed by atoms with Gasteiger partial charge in [0.1, 0.15) is 5.82 Å². The summed E-state index contributed by atoms with van der Waals surface area (Å²) in [5.74, 6) is -0.852. The molecular formula is C14H9Cl2FN2O. The number of carbonyl (C=O) groups excluding carboxylic acids is 1. The van der Waals surface area contributed by atoms with Gasteiger partial charge in [-0.1, -0.05) is 35.3 Å². The Kier molecular flexibility index (Phi) is 4.71. The predicted octanol–water partition coefficient (Wildman–Crippen LogP) is 3.90. The molecule has 0 unspecified atom stereocenters. The van der Waals surface area contributed by atoms with E-state index in [1.165, 1.54) is 30.5 Å². The number of benzene rings is 2. The monoisotopic (exact) mass is 310 g/mol. The molecule has 20 heavy (non-hydrogen) atoms. The van der Waals surface area contributed by atoms with Crippen LogP contribution in [0.1, 0.15) is 15.9 Å². The highest BCUT2D eigenvalue weighted by Crippen LogP contribution is 2.24. The van der Waals surface area contributed by atoms with Crippen molar-refractivity contribution in [2.75, 3.05) is 0 Å². The lowest BCUT2D eigenvalue weighted by molar-refractivity contribution is 0.0955. The second-order valence-electron chi connectivity index (χ2n) is 3.85. The molecule has 1 amide bonds. The van der Waals surface area contributed by atoms with Crippen LogP contribution in [0.5, 0.6) is 0 Å². The fourth-order valence-corrected chi connectivity index (χ4v) is 1.80. The average molecular weight is 311 g/mol. The molecule has 6 heteroatoms. The Bertz CT molecular complexity index is 657. The smallest absolute Gasteiger partial charge is 0.267 e. The summed E-state index contributed by atoms with van der Waals surface area (Å²) >= 11 is 11.8. The first-order valence-corrected chi connectivity index (χ1v) is 6.36. The summed E-state index contributed by atoms with van der Waals surface area (Å²) in [5, 5.41) is 4.54. The number of rotatable bonds is 3. The Balaban J connectivity index is 2.04. The summed E-state index contributed by atoms with van der Waals surface area (Å²) in [6.45, 7) is 0. The largest absolute Gasteiger partial charge is 0.271 e. The van der Waals surface area contributed by atoms with Gasteiger partial charge >= 0.3 is 0 Å². The SMILES string of the molecule is O=C(NN=Cc1cccc(Cl)c1Cl)c1ccc(F)cc1. The molecule has 0 aromatic heterocycles. The molecule has 0 aliphatic heterocycles. The Morgan fingerprint density at radius 1 is 1.15 bits per heavy atom. The second-order valence-corrected chi connectivity index (χ2v) is 4.63. The number of hydrazone groups is 1. The van der Waals surface area contributed by atoms with Gasteiger partial charge in [0.25, 0.3) is 5.91 Å². The molecule has 3 nitrogen and oxygen atoms in total. The topological polar surface area (TPSA) is 41.5 Å². The summed E-state index contributed by atoms with van der Waals surface area (Å²) in [6.07, 6.45) is 1.38. The zero-order chi connectivity index (χ0) is 14.5. The maximum atomic E-state index is 12.7. The number of amides is 1. The highest BCUT2D eigenvalue weighted by Gasteiger charge is 2.04. The van der Waals surface area contributed by atoms with Crippen molar-refractivity contribution in [2.45, 2.75) is 0 Å². The molecule has 0 saturated carbocycles. The molecule has 2 aromatic rings. The molecule has 2 rings (SSSR count). The molecule has 1 N–H and O–H groups in total. The number of halogens is 3. The third kappa shape index (κ3) is 3.56. The molecule has 0 fully saturated rings. The Labute approximate surface area is 125 Å². The predicted molar refractivity (Wildman–Crippen MR) is 77.9 cm³/mol. The number of nitrogens with one attached hydrogen (secondary N) is 1. The lowest BCUT2D eigenvalue weighted by atomic mass is 10.2. The number of nitrogens with zero attached hydrogens (tertiary/aromatic N) is 1. The van der Waals surface area contributed by atoms with Crippen LogP contribution in [0.25, 0.3) is 0 Å². The van der Waals surface area contributed by atoms with E-state index < -0.39 is 11.7 Å². The zero-order valence-corrected chi connectivity index (χ0v) is 11.6. The van der Waals surface area contributed by atoms with Crippen molar-refractivity contribution < 1.29 is 9.18 Å². The Morgan fingerprint density at radius 2 is 1.85 bits per heavy atom. The van der Waals surface area contributed by atoms with Crippen molar-refractivity contribution in [3.8, 4) is 0 Å². The summed E-state index contributed by atoms with van der Waals surface area (Å²) in [6, 6.07) is 10.2. The highest BCUT2D eigenvalue weighted by atomic mass is 35.5. The van der Waals surface area contributed by atoms with Gasteiger partial charge in [-0.2, -0.15) is 5.10 Å². The van der Waals surface area contributed by atoms with E-state index in [0.717, 1.165) is 0 Å². The number of carbonyl (C=O) groups is 1. The van der Waals surface area contributed by atoms with Crippen molar-refractivity contribution >= 4 is 35.3 Å². The van der Waals surface area contributed by atoms with Crippen LogP contribution in [0.3, 0.4) is 0 Å². The van der Waals surface area contributed by atoms with Gasteiger partial charge in [-0.15, -0.1) is 0 Å².